The van der Waals surface area contributed by atoms with Crippen molar-refractivity contribution in [2.45, 2.75) is 17.4 Å². The molecule has 140 valence electrons. The molecule has 2 aromatic rings. The zero-order valence-electron chi connectivity index (χ0n) is 15.0. The van der Waals surface area contributed by atoms with Crippen molar-refractivity contribution in [3.63, 3.8) is 0 Å². The molecule has 0 aliphatic heterocycles. The second kappa shape index (κ2) is 6.73. The number of fused-ring (bicyclic) bond motifs is 2. The monoisotopic (exact) mass is 364 g/mol. The largest absolute Gasteiger partial charge is 0.395 e. The van der Waals surface area contributed by atoms with Crippen molar-refractivity contribution in [3.05, 3.63) is 82.9 Å². The molecule has 4 nitrogen and oxygen atoms in total. The summed E-state index contributed by atoms with van der Waals surface area (Å²) in [6, 6.07) is 15.6. The first-order valence-electron chi connectivity index (χ1n) is 9.20. The zero-order chi connectivity index (χ0) is 19.1. The van der Waals surface area contributed by atoms with Gasteiger partial charge in [0.15, 0.2) is 0 Å². The van der Waals surface area contributed by atoms with Gasteiger partial charge in [-0.1, -0.05) is 72.8 Å². The summed E-state index contributed by atoms with van der Waals surface area (Å²) in [5.74, 6) is -0.943. The van der Waals surface area contributed by atoms with Crippen molar-refractivity contribution in [3.8, 4) is 0 Å². The van der Waals surface area contributed by atoms with E-state index in [1.807, 2.05) is 72.8 Å². The number of hydrogen-bond donors (Lipinski definition) is 4. The highest BCUT2D eigenvalue weighted by Gasteiger charge is 2.59. The highest BCUT2D eigenvalue weighted by atomic mass is 16.3. The Kier molecular flexibility index (Phi) is 4.52. The van der Waals surface area contributed by atoms with E-state index in [1.165, 1.54) is 0 Å². The normalized spacial score (nSPS) is 22.5. The molecule has 0 saturated heterocycles. The predicted molar refractivity (Wildman–Crippen MR) is 105 cm³/mol. The first-order chi connectivity index (χ1) is 13.1. The molecule has 2 atom stereocenters. The van der Waals surface area contributed by atoms with E-state index in [0.717, 1.165) is 22.3 Å². The summed E-state index contributed by atoms with van der Waals surface area (Å²) in [5.41, 5.74) is 0.761. The summed E-state index contributed by atoms with van der Waals surface area (Å²) < 4.78 is 0. The number of benzene rings is 2. The standard InChI is InChI=1S/C23H24O4/c24-13-22(14-25,15-26)23(27,20-11-9-16-5-1-3-7-18(16)20)21-12-10-17-6-2-4-8-19(17)21/h1-12,20-21,24-27H,13-15H2. The Morgan fingerprint density at radius 1 is 0.667 bits per heavy atom. The molecule has 0 radical (unpaired) electrons. The van der Waals surface area contributed by atoms with Gasteiger partial charge in [0.1, 0.15) is 0 Å². The van der Waals surface area contributed by atoms with Crippen molar-refractivity contribution >= 4 is 12.2 Å². The smallest absolute Gasteiger partial charge is 0.0975 e. The Morgan fingerprint density at radius 3 is 1.48 bits per heavy atom. The summed E-state index contributed by atoms with van der Waals surface area (Å²) in [5, 5.41) is 42.8. The average Bonchev–Trinajstić information content (AvgIpc) is 3.34. The molecule has 2 aliphatic carbocycles. The Balaban J connectivity index is 1.93. The van der Waals surface area contributed by atoms with Crippen LogP contribution in [0.4, 0.5) is 0 Å². The van der Waals surface area contributed by atoms with Crippen LogP contribution >= 0.6 is 0 Å². The van der Waals surface area contributed by atoms with Crippen LogP contribution in [0, 0.1) is 5.41 Å². The molecule has 0 amide bonds. The van der Waals surface area contributed by atoms with Crippen LogP contribution in [0.15, 0.2) is 60.7 Å². The Labute approximate surface area is 158 Å². The summed E-state index contributed by atoms with van der Waals surface area (Å²) in [4.78, 5) is 0. The maximum absolute atomic E-state index is 12.2. The molecular weight excluding hydrogens is 340 g/mol. The van der Waals surface area contributed by atoms with Crippen LogP contribution in [0.1, 0.15) is 34.1 Å². The van der Waals surface area contributed by atoms with E-state index in [0.29, 0.717) is 0 Å². The quantitative estimate of drug-likeness (QED) is 0.634. The lowest BCUT2D eigenvalue weighted by Gasteiger charge is -2.51. The topological polar surface area (TPSA) is 80.9 Å². The molecule has 27 heavy (non-hydrogen) atoms. The van der Waals surface area contributed by atoms with Crippen LogP contribution in [0.25, 0.3) is 12.2 Å². The molecule has 0 fully saturated rings. The first kappa shape index (κ1) is 18.1. The predicted octanol–water partition coefficient (Wildman–Crippen LogP) is 2.30. The van der Waals surface area contributed by atoms with Gasteiger partial charge in [0.25, 0.3) is 0 Å². The molecule has 0 spiro atoms. The lowest BCUT2D eigenvalue weighted by atomic mass is 9.58. The van der Waals surface area contributed by atoms with Crippen molar-refractivity contribution in [2.24, 2.45) is 5.41 Å². The summed E-state index contributed by atoms with van der Waals surface area (Å²) in [6.45, 7) is -1.60. The first-order valence-corrected chi connectivity index (χ1v) is 9.20. The van der Waals surface area contributed by atoms with Gasteiger partial charge >= 0.3 is 0 Å². The van der Waals surface area contributed by atoms with Gasteiger partial charge in [0.2, 0.25) is 0 Å². The van der Waals surface area contributed by atoms with Crippen LogP contribution in [-0.2, 0) is 0 Å². The fraction of sp³-hybridized carbons (Fsp3) is 0.304. The molecule has 2 unspecified atom stereocenters. The van der Waals surface area contributed by atoms with Crippen molar-refractivity contribution in [1.82, 2.24) is 0 Å². The third-order valence-corrected chi connectivity index (χ3v) is 6.30. The highest BCUT2D eigenvalue weighted by molar-refractivity contribution is 5.67. The SMILES string of the molecule is OCC(CO)(CO)C(O)(C1C=Cc2ccccc21)C1C=Cc2ccccc21. The van der Waals surface area contributed by atoms with E-state index >= 15 is 0 Å². The Hall–Kier alpha value is -2.24. The maximum atomic E-state index is 12.2. The van der Waals surface area contributed by atoms with E-state index in [-0.39, 0.29) is 0 Å². The van der Waals surface area contributed by atoms with Crippen LogP contribution in [0.3, 0.4) is 0 Å². The molecule has 4 heteroatoms. The van der Waals surface area contributed by atoms with Crippen LogP contribution < -0.4 is 0 Å². The van der Waals surface area contributed by atoms with Crippen molar-refractivity contribution in [1.29, 1.82) is 0 Å². The van der Waals surface area contributed by atoms with Gasteiger partial charge in [-0.05, 0) is 22.3 Å². The molecule has 0 bridgehead atoms. The van der Waals surface area contributed by atoms with Gasteiger partial charge in [0.05, 0.1) is 30.8 Å². The van der Waals surface area contributed by atoms with E-state index in [4.69, 9.17) is 0 Å². The third kappa shape index (κ3) is 2.45. The van der Waals surface area contributed by atoms with Gasteiger partial charge in [-0.3, -0.25) is 0 Å². The molecule has 0 saturated carbocycles. The molecule has 2 aromatic carbocycles. The van der Waals surface area contributed by atoms with Gasteiger partial charge in [0, 0.05) is 11.8 Å². The van der Waals surface area contributed by atoms with Crippen LogP contribution in [0.2, 0.25) is 0 Å². The number of rotatable bonds is 6. The van der Waals surface area contributed by atoms with Gasteiger partial charge in [-0.15, -0.1) is 0 Å². The second-order valence-corrected chi connectivity index (χ2v) is 7.51. The summed E-state index contributed by atoms with van der Waals surface area (Å²) >= 11 is 0. The molecule has 0 heterocycles. The lowest BCUT2D eigenvalue weighted by molar-refractivity contribution is -0.166. The molecule has 2 aliphatic rings. The third-order valence-electron chi connectivity index (χ3n) is 6.30. The Bertz CT molecular complexity index is 825. The molecule has 4 N–H and O–H groups in total. The van der Waals surface area contributed by atoms with Crippen LogP contribution in [0.5, 0.6) is 0 Å². The molecule has 0 aromatic heterocycles. The lowest BCUT2D eigenvalue weighted by Crippen LogP contribution is -2.61. The zero-order valence-corrected chi connectivity index (χ0v) is 15.0. The van der Waals surface area contributed by atoms with Crippen molar-refractivity contribution < 1.29 is 20.4 Å². The minimum Gasteiger partial charge on any atom is -0.395 e. The number of aliphatic hydroxyl groups excluding tert-OH is 3. The fourth-order valence-corrected chi connectivity index (χ4v) is 4.65. The number of hydrogen-bond acceptors (Lipinski definition) is 4. The van der Waals surface area contributed by atoms with Crippen molar-refractivity contribution in [2.75, 3.05) is 19.8 Å². The minimum atomic E-state index is -1.61. The van der Waals surface area contributed by atoms with Gasteiger partial charge in [-0.25, -0.2) is 0 Å². The fourth-order valence-electron chi connectivity index (χ4n) is 4.65. The van der Waals surface area contributed by atoms with E-state index < -0.39 is 42.7 Å². The molecule has 4 rings (SSSR count). The molecular formula is C23H24O4. The number of aliphatic hydroxyl groups is 4. The van der Waals surface area contributed by atoms with Crippen LogP contribution in [-0.4, -0.2) is 45.8 Å². The second-order valence-electron chi connectivity index (χ2n) is 7.51. The van der Waals surface area contributed by atoms with Gasteiger partial charge in [-0.2, -0.15) is 0 Å². The van der Waals surface area contributed by atoms with E-state index in [1.54, 1.807) is 0 Å². The van der Waals surface area contributed by atoms with Gasteiger partial charge < -0.3 is 20.4 Å². The summed E-state index contributed by atoms with van der Waals surface area (Å²) in [6.07, 6.45) is 7.73. The summed E-state index contributed by atoms with van der Waals surface area (Å²) in [7, 11) is 0. The van der Waals surface area contributed by atoms with E-state index in [9.17, 15) is 20.4 Å². The van der Waals surface area contributed by atoms with E-state index in [2.05, 4.69) is 0 Å². The minimum absolute atomic E-state index is 0.471. The maximum Gasteiger partial charge on any atom is 0.0975 e. The average molecular weight is 364 g/mol. The Morgan fingerprint density at radius 2 is 1.07 bits per heavy atom. The highest BCUT2D eigenvalue weighted by Crippen LogP contribution is 2.55.